The van der Waals surface area contributed by atoms with Crippen LogP contribution < -0.4 is 42.6 Å². The maximum Gasteiger partial charge on any atom is 0.291 e. The van der Waals surface area contributed by atoms with Crippen LogP contribution in [0.5, 0.6) is 17.2 Å². The normalized spacial score (nSPS) is 10.3. The number of ether oxygens (including phenoxy) is 3. The Morgan fingerprint density at radius 1 is 0.682 bits per heavy atom. The Morgan fingerprint density at radius 2 is 1.07 bits per heavy atom. The van der Waals surface area contributed by atoms with Gasteiger partial charge in [0.25, 0.3) is 5.96 Å². The topological polar surface area (TPSA) is 163 Å². The van der Waals surface area contributed by atoms with Crippen molar-refractivity contribution in [1.82, 2.24) is 10.9 Å². The highest BCUT2D eigenvalue weighted by molar-refractivity contribution is 5.87. The van der Waals surface area contributed by atoms with Crippen LogP contribution in [0, 0.1) is 0 Å². The van der Waals surface area contributed by atoms with E-state index in [-0.39, 0.29) is 38.2 Å². The zero-order valence-corrected chi connectivity index (χ0v) is 26.8. The fourth-order valence-electron chi connectivity index (χ4n) is 2.90. The molecule has 3 rings (SSSR count). The maximum atomic E-state index is 7.57. The highest BCUT2D eigenvalue weighted by Crippen LogP contribution is 2.15. The summed E-state index contributed by atoms with van der Waals surface area (Å²) in [5, 5.41) is 38.3. The largest absolute Gasteiger partial charge is 1.00 e. The molecule has 0 aliphatic carbocycles. The average molecular weight is 633 g/mol. The molecule has 0 fully saturated rings. The third-order valence-corrected chi connectivity index (χ3v) is 4.56. The zero-order chi connectivity index (χ0) is 32.1. The molecule has 0 atom stereocenters. The van der Waals surface area contributed by atoms with Crippen LogP contribution in [-0.2, 0) is 0 Å². The van der Waals surface area contributed by atoms with Crippen LogP contribution in [-0.4, -0.2) is 81.1 Å². The quantitative estimate of drug-likeness (QED) is 0.0966. The summed E-state index contributed by atoms with van der Waals surface area (Å²) in [6, 6.07) is 22.7. The van der Waals surface area contributed by atoms with Gasteiger partial charge >= 0.3 is 0 Å². The van der Waals surface area contributed by atoms with Crippen molar-refractivity contribution >= 4 is 24.6 Å². The molecule has 0 amide bonds. The number of rotatable bonds is 9. The van der Waals surface area contributed by atoms with E-state index in [0.29, 0.717) is 11.5 Å². The molecule has 3 aromatic rings. The number of hydrogen-bond acceptors (Lipinski definition) is 9. The van der Waals surface area contributed by atoms with E-state index in [1.54, 1.807) is 60.7 Å². The van der Waals surface area contributed by atoms with Crippen LogP contribution >= 0.6 is 0 Å². The van der Waals surface area contributed by atoms with E-state index in [1.807, 2.05) is 72.8 Å². The van der Waals surface area contributed by atoms with Crippen molar-refractivity contribution in [2.24, 2.45) is 15.3 Å². The van der Waals surface area contributed by atoms with Crippen molar-refractivity contribution in [2.45, 2.75) is 20.8 Å². The third-order valence-electron chi connectivity index (χ3n) is 4.56. The van der Waals surface area contributed by atoms with E-state index >= 15 is 0 Å². The van der Waals surface area contributed by atoms with Crippen molar-refractivity contribution < 1.29 is 47.0 Å². The lowest BCUT2D eigenvalue weighted by Crippen LogP contribution is -3.00. The van der Waals surface area contributed by atoms with E-state index in [0.717, 1.165) is 22.4 Å². The molecule has 6 N–H and O–H groups in total. The zero-order valence-electron chi connectivity index (χ0n) is 26.1. The van der Waals surface area contributed by atoms with E-state index < -0.39 is 0 Å². The first-order valence-electron chi connectivity index (χ1n) is 13.5. The fourth-order valence-corrected chi connectivity index (χ4v) is 2.90. The van der Waals surface area contributed by atoms with Crippen LogP contribution in [0.4, 0.5) is 0 Å². The highest BCUT2D eigenvalue weighted by atomic mass is 35.5. The second kappa shape index (κ2) is 28.6. The maximum absolute atomic E-state index is 7.57. The molecule has 12 nitrogen and oxygen atoms in total. The summed E-state index contributed by atoms with van der Waals surface area (Å²) in [6.45, 7) is 5.79. The van der Waals surface area contributed by atoms with Gasteiger partial charge in [0.05, 0.1) is 39.3 Å². The molecule has 0 aliphatic rings. The number of hydrogen-bond donors (Lipinski definition) is 6. The molecule has 0 heterocycles. The summed E-state index contributed by atoms with van der Waals surface area (Å²) < 4.78 is 16.0. The van der Waals surface area contributed by atoms with Gasteiger partial charge in [0.2, 0.25) is 6.21 Å². The Bertz CT molecular complexity index is 1190. The fraction of sp³-hybridized carbons (Fsp3) is 0.290. The average Bonchev–Trinajstić information content (AvgIpc) is 3.02. The van der Waals surface area contributed by atoms with Gasteiger partial charge in [-0.3, -0.25) is 0 Å². The summed E-state index contributed by atoms with van der Waals surface area (Å²) in [7, 11) is 4.83. The number of hydrazine groups is 1. The summed E-state index contributed by atoms with van der Waals surface area (Å²) in [5.74, 6) is 2.38. The first-order valence-corrected chi connectivity index (χ1v) is 13.5. The minimum Gasteiger partial charge on any atom is -1.00 e. The molecule has 0 spiro atoms. The lowest BCUT2D eigenvalue weighted by molar-refractivity contribution is -0.500. The number of aliphatic hydroxyl groups is 3. The van der Waals surface area contributed by atoms with Gasteiger partial charge in [-0.25, -0.2) is 5.43 Å². The molecule has 0 saturated carbocycles. The number of aliphatic hydroxyl groups excluding tert-OH is 3. The van der Waals surface area contributed by atoms with E-state index in [9.17, 15) is 0 Å². The predicted octanol–water partition coefficient (Wildman–Crippen LogP) is -1.27. The second-order valence-corrected chi connectivity index (χ2v) is 7.65. The van der Waals surface area contributed by atoms with Gasteiger partial charge < -0.3 is 41.9 Å². The molecular weight excluding hydrogens is 588 g/mol. The SMILES string of the molecule is CCO.CCO.CCO.COc1ccccc1/C=N/N=C(/N/N=C/c1ccccc1OC)N/[NH+]=C/c1ccccc1OC.[Cl-]. The lowest BCUT2D eigenvalue weighted by atomic mass is 10.2. The molecule has 0 aromatic heterocycles. The van der Waals surface area contributed by atoms with Gasteiger partial charge in [0.1, 0.15) is 17.2 Å². The van der Waals surface area contributed by atoms with Gasteiger partial charge in [0.15, 0.2) is 0 Å². The van der Waals surface area contributed by atoms with Crippen molar-refractivity contribution in [1.29, 1.82) is 0 Å². The first-order chi connectivity index (χ1) is 21.0. The number of hydrazone groups is 2. The Kier molecular flexibility index (Phi) is 27.1. The van der Waals surface area contributed by atoms with Crippen LogP contribution in [0.25, 0.3) is 0 Å². The number of methoxy groups -OCH3 is 3. The van der Waals surface area contributed by atoms with E-state index in [2.05, 4.69) is 31.3 Å². The van der Waals surface area contributed by atoms with Gasteiger partial charge in [0, 0.05) is 30.9 Å². The molecule has 44 heavy (non-hydrogen) atoms. The van der Waals surface area contributed by atoms with Crippen molar-refractivity contribution in [3.8, 4) is 17.2 Å². The Hall–Kier alpha value is -4.49. The number of nitrogens with one attached hydrogen (secondary N) is 3. The van der Waals surface area contributed by atoms with Crippen molar-refractivity contribution in [3.05, 3.63) is 89.5 Å². The molecular formula is C31H45ClN6O6. The summed E-state index contributed by atoms with van der Waals surface area (Å²) in [4.78, 5) is 0. The van der Waals surface area contributed by atoms with E-state index in [1.165, 1.54) is 0 Å². The second-order valence-electron chi connectivity index (χ2n) is 7.65. The predicted molar refractivity (Wildman–Crippen MR) is 172 cm³/mol. The molecule has 0 aliphatic heterocycles. The highest BCUT2D eigenvalue weighted by Gasteiger charge is 2.04. The number of halogens is 1. The third kappa shape index (κ3) is 18.1. The Morgan fingerprint density at radius 3 is 1.52 bits per heavy atom. The smallest absolute Gasteiger partial charge is 0.291 e. The molecule has 0 saturated heterocycles. The molecule has 242 valence electrons. The number of guanidine groups is 1. The monoisotopic (exact) mass is 632 g/mol. The minimum atomic E-state index is 0. The Labute approximate surface area is 266 Å². The first kappa shape index (κ1) is 41.6. The number of benzene rings is 3. The van der Waals surface area contributed by atoms with Gasteiger partial charge in [-0.2, -0.15) is 10.2 Å². The molecule has 13 heteroatoms. The Balaban J connectivity index is 0. The van der Waals surface area contributed by atoms with Gasteiger partial charge in [-0.15, -0.1) is 15.6 Å². The minimum absolute atomic E-state index is 0. The molecule has 0 radical (unpaired) electrons. The molecule has 3 aromatic carbocycles. The van der Waals surface area contributed by atoms with Crippen LogP contribution in [0.2, 0.25) is 0 Å². The van der Waals surface area contributed by atoms with Crippen molar-refractivity contribution in [2.75, 3.05) is 41.2 Å². The summed E-state index contributed by atoms with van der Waals surface area (Å²) >= 11 is 0. The number of para-hydroxylation sites is 3. The van der Waals surface area contributed by atoms with Crippen molar-refractivity contribution in [3.63, 3.8) is 0 Å². The number of nitrogens with zero attached hydrogens (tertiary/aromatic N) is 3. The summed E-state index contributed by atoms with van der Waals surface area (Å²) in [6.07, 6.45) is 4.96. The van der Waals surface area contributed by atoms with Crippen LogP contribution in [0.3, 0.4) is 0 Å². The van der Waals surface area contributed by atoms with Crippen LogP contribution in [0.1, 0.15) is 37.5 Å². The summed E-state index contributed by atoms with van der Waals surface area (Å²) in [5.41, 5.74) is 8.23. The van der Waals surface area contributed by atoms with Gasteiger partial charge in [-0.05, 0) is 57.2 Å². The lowest BCUT2D eigenvalue weighted by Gasteiger charge is -2.04. The molecule has 0 bridgehead atoms. The standard InChI is InChI=1S/C25H26N6O3.3C2H6O.ClH/c1-32-22-13-7-4-10-19(22)16-26-29-25(30-27-17-20-11-5-8-14-23(20)33-2)31-28-18-21-12-6-9-15-24(21)34-3;3*1-2-3;/h4-18H,1-3H3,(H2,29,30,31);3*3H,2H2,1H3;1H/b26-16+,27-17+,28-18+;;;;. The molecule has 0 unspecified atom stereocenters. The van der Waals surface area contributed by atoms with Crippen LogP contribution in [0.15, 0.2) is 88.1 Å². The van der Waals surface area contributed by atoms with Gasteiger partial charge in [-0.1, -0.05) is 36.4 Å². The van der Waals surface area contributed by atoms with E-state index in [4.69, 9.17) is 29.5 Å².